The number of hydrogen-bond donors (Lipinski definition) is 0. The highest BCUT2D eigenvalue weighted by molar-refractivity contribution is 6.26. The summed E-state index contributed by atoms with van der Waals surface area (Å²) in [6, 6.07) is 85.8. The zero-order valence-corrected chi connectivity index (χ0v) is 35.9. The van der Waals surface area contributed by atoms with Gasteiger partial charge in [0.2, 0.25) is 0 Å². The van der Waals surface area contributed by atoms with E-state index in [0.29, 0.717) is 0 Å². The number of hydrogen-bond acceptors (Lipinski definition) is 1. The molecule has 0 fully saturated rings. The van der Waals surface area contributed by atoms with Gasteiger partial charge in [-0.2, -0.15) is 0 Å². The van der Waals surface area contributed by atoms with E-state index in [4.69, 9.17) is 0 Å². The van der Waals surface area contributed by atoms with Crippen LogP contribution < -0.4 is 4.90 Å². The van der Waals surface area contributed by atoms with Crippen LogP contribution in [0.3, 0.4) is 0 Å². The Morgan fingerprint density at radius 2 is 0.815 bits per heavy atom. The first-order valence-electron chi connectivity index (χ1n) is 22.1. The van der Waals surface area contributed by atoms with Crippen LogP contribution in [0.5, 0.6) is 0 Å². The summed E-state index contributed by atoms with van der Waals surface area (Å²) >= 11 is 0. The second-order valence-corrected chi connectivity index (χ2v) is 16.2. The van der Waals surface area contributed by atoms with Crippen LogP contribution in [0.15, 0.2) is 262 Å². The second-order valence-electron chi connectivity index (χ2n) is 16.2. The quantitative estimate of drug-likeness (QED) is 0.139. The fourth-order valence-corrected chi connectivity index (χ4v) is 9.45. The Morgan fingerprint density at radius 1 is 0.323 bits per heavy atom. The molecular weight excluding hydrogens is 787 g/mol. The predicted octanol–water partition coefficient (Wildman–Crippen LogP) is 17.2. The molecule has 12 rings (SSSR count). The summed E-state index contributed by atoms with van der Waals surface area (Å²) in [6.45, 7) is 6.72. The number of fused-ring (bicyclic) bond motifs is 8. The molecule has 0 atom stereocenters. The maximum absolute atomic E-state index is 3.36. The monoisotopic (exact) mass is 831 g/mol. The Kier molecular flexibility index (Phi) is 10.2. The van der Waals surface area contributed by atoms with Crippen molar-refractivity contribution in [3.8, 4) is 33.6 Å². The van der Waals surface area contributed by atoms with E-state index in [1.165, 1.54) is 76.6 Å². The largest absolute Gasteiger partial charge is 0.310 e. The highest BCUT2D eigenvalue weighted by Gasteiger charge is 2.21. The van der Waals surface area contributed by atoms with Gasteiger partial charge in [-0.25, -0.2) is 0 Å². The number of aromatic nitrogens is 2. The van der Waals surface area contributed by atoms with E-state index in [0.717, 1.165) is 28.4 Å². The third-order valence-corrected chi connectivity index (χ3v) is 12.4. The normalized spacial score (nSPS) is 11.2. The Labute approximate surface area is 379 Å². The summed E-state index contributed by atoms with van der Waals surface area (Å²) < 4.78 is 4.92. The molecule has 0 aliphatic carbocycles. The van der Waals surface area contributed by atoms with Crippen LogP contribution in [0.25, 0.3) is 88.0 Å². The molecule has 10 aromatic carbocycles. The van der Waals surface area contributed by atoms with Gasteiger partial charge in [0.25, 0.3) is 0 Å². The number of para-hydroxylation sites is 3. The Bertz CT molecular complexity index is 3650. The molecule has 0 N–H and O–H groups in total. The molecule has 0 spiro atoms. The predicted molar refractivity (Wildman–Crippen MR) is 279 cm³/mol. The molecule has 3 heteroatoms. The second kappa shape index (κ2) is 16.9. The lowest BCUT2D eigenvalue weighted by Gasteiger charge is -2.26. The third kappa shape index (κ3) is 7.06. The number of nitrogens with zero attached hydrogens (tertiary/aromatic N) is 3. The average Bonchev–Trinajstić information content (AvgIpc) is 3.90. The fraction of sp³-hybridized carbons (Fsp3) is 0. The van der Waals surface area contributed by atoms with E-state index in [1.807, 2.05) is 0 Å². The van der Waals surface area contributed by atoms with Gasteiger partial charge >= 0.3 is 0 Å². The molecule has 3 nitrogen and oxygen atoms in total. The first kappa shape index (κ1) is 39.2. The molecule has 0 aliphatic heterocycles. The molecule has 2 heterocycles. The van der Waals surface area contributed by atoms with Crippen molar-refractivity contribution >= 4 is 71.4 Å². The van der Waals surface area contributed by atoms with Crippen LogP contribution in [0.4, 0.5) is 17.1 Å². The Morgan fingerprint density at radius 3 is 1.46 bits per heavy atom. The highest BCUT2D eigenvalue weighted by Crippen LogP contribution is 2.43. The minimum Gasteiger partial charge on any atom is -0.310 e. The van der Waals surface area contributed by atoms with E-state index in [9.17, 15) is 0 Å². The van der Waals surface area contributed by atoms with Gasteiger partial charge < -0.3 is 14.0 Å². The summed E-state index contributed by atoms with van der Waals surface area (Å²) in [6.07, 6.45) is 3.28. The van der Waals surface area contributed by atoms with Crippen LogP contribution in [0, 0.1) is 0 Å². The first-order valence-corrected chi connectivity index (χ1v) is 22.1. The number of rotatable bonds is 8. The molecule has 12 aromatic rings. The van der Waals surface area contributed by atoms with E-state index in [-0.39, 0.29) is 0 Å². The van der Waals surface area contributed by atoms with Crippen LogP contribution in [0.1, 0.15) is 0 Å². The van der Waals surface area contributed by atoms with Crippen molar-refractivity contribution in [2.24, 2.45) is 0 Å². The van der Waals surface area contributed by atoms with Crippen molar-refractivity contribution in [1.82, 2.24) is 9.13 Å². The Hall–Kier alpha value is -8.66. The molecular formula is C62H45N3. The molecule has 0 amide bonds. The van der Waals surface area contributed by atoms with E-state index in [1.54, 1.807) is 12.2 Å². The molecule has 65 heavy (non-hydrogen) atoms. The zero-order valence-electron chi connectivity index (χ0n) is 35.9. The standard InChI is InChI=1S/C58H39N3.C4H6/c1-4-14-40(15-5-1)42-24-30-47(31-25-42)59(46-18-8-3-9-19-46)49-34-28-44-29-35-50(39-45(44)38-49)61-54-22-12-10-20-51(54)52-36-37-56-57(58(52)61)53-21-11-13-23-55(53)60(56)48-32-26-43(27-33-48)41-16-6-2-7-17-41;1-3-4-2/h1-39H;3-4H,1-2H2. The SMILES string of the molecule is C=CC=C.c1ccc(-c2ccc(N(c3ccccc3)c3ccc4ccc(-n5c6ccccc6c6ccc7c(c8ccccc8n7-c7ccc(-c8ccccc8)cc7)c65)cc4c3)cc2)cc1. The van der Waals surface area contributed by atoms with E-state index < -0.39 is 0 Å². The maximum atomic E-state index is 3.36. The van der Waals surface area contributed by atoms with Crippen molar-refractivity contribution in [2.45, 2.75) is 0 Å². The minimum atomic E-state index is 1.11. The van der Waals surface area contributed by atoms with E-state index >= 15 is 0 Å². The van der Waals surface area contributed by atoms with Gasteiger partial charge in [-0.3, -0.25) is 0 Å². The Balaban J connectivity index is 0.00000113. The van der Waals surface area contributed by atoms with Crippen LogP contribution in [0.2, 0.25) is 0 Å². The summed E-state index contributed by atoms with van der Waals surface area (Å²) in [4.78, 5) is 2.35. The van der Waals surface area contributed by atoms with Crippen LogP contribution in [-0.4, -0.2) is 9.13 Å². The zero-order chi connectivity index (χ0) is 43.7. The maximum Gasteiger partial charge on any atom is 0.0641 e. The summed E-state index contributed by atoms with van der Waals surface area (Å²) in [5.41, 5.74) is 15.2. The van der Waals surface area contributed by atoms with Crippen molar-refractivity contribution in [3.05, 3.63) is 262 Å². The third-order valence-electron chi connectivity index (χ3n) is 12.4. The molecule has 0 saturated heterocycles. The lowest BCUT2D eigenvalue weighted by Crippen LogP contribution is -2.09. The highest BCUT2D eigenvalue weighted by atomic mass is 15.1. The number of benzene rings is 10. The molecule has 0 unspecified atom stereocenters. The molecule has 308 valence electrons. The fourth-order valence-electron chi connectivity index (χ4n) is 9.45. The molecule has 0 radical (unpaired) electrons. The summed E-state index contributed by atoms with van der Waals surface area (Å²) in [5, 5.41) is 7.34. The van der Waals surface area contributed by atoms with Gasteiger partial charge in [0, 0.05) is 50.0 Å². The first-order chi connectivity index (χ1) is 32.2. The molecule has 0 bridgehead atoms. The lowest BCUT2D eigenvalue weighted by molar-refractivity contribution is 1.18. The van der Waals surface area contributed by atoms with E-state index in [2.05, 4.69) is 264 Å². The van der Waals surface area contributed by atoms with Gasteiger partial charge in [0.05, 0.1) is 22.1 Å². The average molecular weight is 832 g/mol. The number of allylic oxidation sites excluding steroid dienone is 2. The molecule has 2 aromatic heterocycles. The van der Waals surface area contributed by atoms with Gasteiger partial charge in [-0.1, -0.05) is 183 Å². The summed E-state index contributed by atoms with van der Waals surface area (Å²) in [5.74, 6) is 0. The van der Waals surface area contributed by atoms with Crippen LogP contribution in [-0.2, 0) is 0 Å². The van der Waals surface area contributed by atoms with Gasteiger partial charge in [0.15, 0.2) is 0 Å². The van der Waals surface area contributed by atoms with Crippen LogP contribution >= 0.6 is 0 Å². The number of anilines is 3. The van der Waals surface area contributed by atoms with Gasteiger partial charge in [-0.15, -0.1) is 0 Å². The van der Waals surface area contributed by atoms with Gasteiger partial charge in [-0.05, 0) is 112 Å². The smallest absolute Gasteiger partial charge is 0.0641 e. The van der Waals surface area contributed by atoms with Crippen molar-refractivity contribution < 1.29 is 0 Å². The lowest BCUT2D eigenvalue weighted by atomic mass is 10.0. The van der Waals surface area contributed by atoms with Crippen molar-refractivity contribution in [2.75, 3.05) is 4.90 Å². The minimum absolute atomic E-state index is 1.11. The van der Waals surface area contributed by atoms with Crippen molar-refractivity contribution in [3.63, 3.8) is 0 Å². The molecule has 0 aliphatic rings. The topological polar surface area (TPSA) is 13.1 Å². The van der Waals surface area contributed by atoms with Crippen molar-refractivity contribution in [1.29, 1.82) is 0 Å². The van der Waals surface area contributed by atoms with Gasteiger partial charge in [0.1, 0.15) is 0 Å². The molecule has 0 saturated carbocycles. The summed E-state index contributed by atoms with van der Waals surface area (Å²) in [7, 11) is 0.